The van der Waals surface area contributed by atoms with Crippen molar-refractivity contribution in [2.45, 2.75) is 25.6 Å². The van der Waals surface area contributed by atoms with Gasteiger partial charge < -0.3 is 24.1 Å². The monoisotopic (exact) mass is 449 g/mol. The van der Waals surface area contributed by atoms with Crippen LogP contribution in [-0.2, 0) is 19.5 Å². The molecule has 1 aliphatic rings. The quantitative estimate of drug-likeness (QED) is 0.551. The van der Waals surface area contributed by atoms with E-state index < -0.39 is 6.10 Å². The van der Waals surface area contributed by atoms with Crippen molar-refractivity contribution >= 4 is 0 Å². The summed E-state index contributed by atoms with van der Waals surface area (Å²) in [5.41, 5.74) is 4.08. The molecule has 0 spiro atoms. The van der Waals surface area contributed by atoms with Crippen LogP contribution in [0.25, 0.3) is 0 Å². The summed E-state index contributed by atoms with van der Waals surface area (Å²) in [4.78, 5) is 2.31. The number of rotatable bonds is 8. The molecule has 174 valence electrons. The molecule has 0 saturated carbocycles. The molecular formula is C27H31NO5. The molecule has 6 heteroatoms. The third-order valence-electron chi connectivity index (χ3n) is 5.98. The van der Waals surface area contributed by atoms with Crippen molar-refractivity contribution in [3.8, 4) is 23.0 Å². The summed E-state index contributed by atoms with van der Waals surface area (Å²) in [6, 6.07) is 19.9. The summed E-state index contributed by atoms with van der Waals surface area (Å²) < 4.78 is 22.5. The molecule has 0 saturated heterocycles. The van der Waals surface area contributed by atoms with Crippen molar-refractivity contribution in [2.24, 2.45) is 0 Å². The number of aliphatic hydroxyl groups excluding tert-OH is 1. The average Bonchev–Trinajstić information content (AvgIpc) is 3.05. The van der Waals surface area contributed by atoms with E-state index >= 15 is 0 Å². The molecular weight excluding hydrogens is 418 g/mol. The predicted octanol–water partition coefficient (Wildman–Crippen LogP) is 4.38. The number of methoxy groups -OCH3 is 3. The largest absolute Gasteiger partial charge is 0.496 e. The first-order valence-electron chi connectivity index (χ1n) is 11.1. The van der Waals surface area contributed by atoms with E-state index in [0.717, 1.165) is 40.3 Å². The minimum Gasteiger partial charge on any atom is -0.496 e. The molecule has 6 nitrogen and oxygen atoms in total. The number of hydrogen-bond donors (Lipinski definition) is 1. The van der Waals surface area contributed by atoms with Gasteiger partial charge in [0.25, 0.3) is 0 Å². The summed E-state index contributed by atoms with van der Waals surface area (Å²) in [6.07, 6.45) is 0.00730. The van der Waals surface area contributed by atoms with Crippen LogP contribution in [0.1, 0.15) is 28.4 Å². The normalized spacial score (nSPS) is 14.5. The summed E-state index contributed by atoms with van der Waals surface area (Å²) >= 11 is 0. The van der Waals surface area contributed by atoms with E-state index in [1.54, 1.807) is 21.3 Å². The molecule has 1 atom stereocenters. The molecule has 1 N–H and O–H groups in total. The minimum atomic E-state index is -0.569. The highest BCUT2D eigenvalue weighted by Crippen LogP contribution is 2.36. The zero-order valence-electron chi connectivity index (χ0n) is 19.4. The maximum absolute atomic E-state index is 10.8. The third-order valence-corrected chi connectivity index (χ3v) is 5.98. The lowest BCUT2D eigenvalue weighted by Gasteiger charge is -2.22. The average molecular weight is 450 g/mol. The Kier molecular flexibility index (Phi) is 7.37. The summed E-state index contributed by atoms with van der Waals surface area (Å²) in [5.74, 6) is 2.93. The van der Waals surface area contributed by atoms with Gasteiger partial charge in [0.15, 0.2) is 11.5 Å². The number of benzene rings is 3. The second-order valence-electron chi connectivity index (χ2n) is 8.15. The standard InChI is InChI=1S/C27H31NO5/c1-30-25-16-27(32-3)26(31-2)15-22(25)18-28-11-12-33-24-10-9-20(14-21(24)17-28)23(29)13-19-7-5-4-6-8-19/h4-10,14-16,23,29H,11-13,17-18H2,1-3H3/t23-/m1/s1. The van der Waals surface area contributed by atoms with Gasteiger partial charge in [-0.2, -0.15) is 0 Å². The molecule has 0 aliphatic carbocycles. The topological polar surface area (TPSA) is 60.4 Å². The minimum absolute atomic E-state index is 0.569. The predicted molar refractivity (Wildman–Crippen MR) is 127 cm³/mol. The zero-order valence-corrected chi connectivity index (χ0v) is 19.4. The Morgan fingerprint density at radius 1 is 0.909 bits per heavy atom. The molecule has 1 heterocycles. The molecule has 0 aromatic heterocycles. The fourth-order valence-electron chi connectivity index (χ4n) is 4.22. The van der Waals surface area contributed by atoms with Gasteiger partial charge >= 0.3 is 0 Å². The van der Waals surface area contributed by atoms with Crippen molar-refractivity contribution in [2.75, 3.05) is 34.5 Å². The van der Waals surface area contributed by atoms with Gasteiger partial charge in [-0.3, -0.25) is 4.90 Å². The van der Waals surface area contributed by atoms with Crippen molar-refractivity contribution in [3.05, 3.63) is 82.9 Å². The van der Waals surface area contributed by atoms with Crippen LogP contribution in [0.4, 0.5) is 0 Å². The van der Waals surface area contributed by atoms with Gasteiger partial charge in [-0.15, -0.1) is 0 Å². The first kappa shape index (κ1) is 23.0. The van der Waals surface area contributed by atoms with E-state index in [2.05, 4.69) is 11.0 Å². The molecule has 33 heavy (non-hydrogen) atoms. The molecule has 3 aromatic rings. The van der Waals surface area contributed by atoms with Crippen LogP contribution in [0.15, 0.2) is 60.7 Å². The summed E-state index contributed by atoms with van der Waals surface area (Å²) in [5, 5.41) is 10.8. The van der Waals surface area contributed by atoms with Crippen molar-refractivity contribution in [1.29, 1.82) is 0 Å². The van der Waals surface area contributed by atoms with Crippen LogP contribution in [-0.4, -0.2) is 44.5 Å². The van der Waals surface area contributed by atoms with Crippen molar-refractivity contribution in [3.63, 3.8) is 0 Å². The highest BCUT2D eigenvalue weighted by Gasteiger charge is 2.20. The van der Waals surface area contributed by atoms with E-state index in [1.165, 1.54) is 0 Å². The van der Waals surface area contributed by atoms with Crippen LogP contribution in [0, 0.1) is 0 Å². The van der Waals surface area contributed by atoms with Gasteiger partial charge in [0.05, 0.1) is 27.4 Å². The maximum Gasteiger partial charge on any atom is 0.164 e. The number of nitrogens with zero attached hydrogens (tertiary/aromatic N) is 1. The third kappa shape index (κ3) is 5.41. The molecule has 1 aliphatic heterocycles. The maximum atomic E-state index is 10.8. The van der Waals surface area contributed by atoms with Crippen LogP contribution >= 0.6 is 0 Å². The van der Waals surface area contributed by atoms with E-state index in [0.29, 0.717) is 37.6 Å². The number of hydrogen-bond acceptors (Lipinski definition) is 6. The van der Waals surface area contributed by atoms with E-state index in [4.69, 9.17) is 18.9 Å². The number of fused-ring (bicyclic) bond motifs is 1. The molecule has 0 unspecified atom stereocenters. The molecule has 0 amide bonds. The smallest absolute Gasteiger partial charge is 0.164 e. The van der Waals surface area contributed by atoms with Crippen LogP contribution in [0.3, 0.4) is 0 Å². The van der Waals surface area contributed by atoms with Crippen molar-refractivity contribution < 1.29 is 24.1 Å². The molecule has 0 bridgehead atoms. The Labute approximate surface area is 195 Å². The SMILES string of the molecule is COc1cc(OC)c(OC)cc1CN1CCOc2ccc([C@H](O)Cc3ccccc3)cc2C1. The molecule has 0 radical (unpaired) electrons. The first-order valence-corrected chi connectivity index (χ1v) is 11.1. The summed E-state index contributed by atoms with van der Waals surface area (Å²) in [7, 11) is 4.91. The fourth-order valence-corrected chi connectivity index (χ4v) is 4.22. The second-order valence-corrected chi connectivity index (χ2v) is 8.15. The first-order chi connectivity index (χ1) is 16.1. The van der Waals surface area contributed by atoms with Crippen molar-refractivity contribution in [1.82, 2.24) is 4.90 Å². The lowest BCUT2D eigenvalue weighted by molar-refractivity contribution is 0.178. The highest BCUT2D eigenvalue weighted by atomic mass is 16.5. The lowest BCUT2D eigenvalue weighted by Crippen LogP contribution is -2.25. The van der Waals surface area contributed by atoms with Gasteiger partial charge in [-0.05, 0) is 29.3 Å². The molecule has 0 fully saturated rings. The van der Waals surface area contributed by atoms with Gasteiger partial charge in [0, 0.05) is 43.2 Å². The number of ether oxygens (including phenoxy) is 4. The van der Waals surface area contributed by atoms with Crippen LogP contribution in [0.5, 0.6) is 23.0 Å². The lowest BCUT2D eigenvalue weighted by atomic mass is 9.99. The Balaban J connectivity index is 1.54. The van der Waals surface area contributed by atoms with E-state index in [-0.39, 0.29) is 0 Å². The fraction of sp³-hybridized carbons (Fsp3) is 0.333. The van der Waals surface area contributed by atoms with E-state index in [1.807, 2.05) is 54.6 Å². The molecule has 3 aromatic carbocycles. The Morgan fingerprint density at radius 3 is 2.36 bits per heavy atom. The summed E-state index contributed by atoms with van der Waals surface area (Å²) in [6.45, 7) is 2.74. The van der Waals surface area contributed by atoms with Crippen LogP contribution < -0.4 is 18.9 Å². The Hall–Kier alpha value is -3.22. The van der Waals surface area contributed by atoms with Gasteiger partial charge in [0.2, 0.25) is 0 Å². The molecule has 4 rings (SSSR count). The Morgan fingerprint density at radius 2 is 1.64 bits per heavy atom. The zero-order chi connectivity index (χ0) is 23.2. The second kappa shape index (κ2) is 10.6. The van der Waals surface area contributed by atoms with Gasteiger partial charge in [-0.1, -0.05) is 36.4 Å². The highest BCUT2D eigenvalue weighted by molar-refractivity contribution is 5.51. The van der Waals surface area contributed by atoms with E-state index in [9.17, 15) is 5.11 Å². The Bertz CT molecular complexity index is 1070. The number of aliphatic hydroxyl groups is 1. The van der Waals surface area contributed by atoms with Gasteiger partial charge in [0.1, 0.15) is 18.1 Å². The van der Waals surface area contributed by atoms with Crippen LogP contribution in [0.2, 0.25) is 0 Å². The van der Waals surface area contributed by atoms with Gasteiger partial charge in [-0.25, -0.2) is 0 Å².